The molecule has 0 aliphatic rings. The van der Waals surface area contributed by atoms with Gasteiger partial charge < -0.3 is 9.90 Å². The highest BCUT2D eigenvalue weighted by atomic mass is 35.5. The molecule has 4 nitrogen and oxygen atoms in total. The van der Waals surface area contributed by atoms with E-state index in [0.717, 1.165) is 0 Å². The van der Waals surface area contributed by atoms with Crippen molar-refractivity contribution in [2.75, 3.05) is 5.73 Å². The van der Waals surface area contributed by atoms with Gasteiger partial charge in [-0.15, -0.1) is 0 Å². The van der Waals surface area contributed by atoms with Crippen molar-refractivity contribution >= 4 is 23.4 Å². The summed E-state index contributed by atoms with van der Waals surface area (Å²) in [6.45, 7) is 2.01. The molecule has 0 bridgehead atoms. The highest BCUT2D eigenvalue weighted by Gasteiger charge is 1.90. The second kappa shape index (κ2) is 6.61. The Labute approximate surface area is 110 Å². The Morgan fingerprint density at radius 3 is 2.22 bits per heavy atom. The van der Waals surface area contributed by atoms with Gasteiger partial charge >= 0.3 is 0 Å². The number of aryl methyl sites for hydroxylation is 1. The van der Waals surface area contributed by atoms with E-state index in [1.54, 1.807) is 0 Å². The second-order valence-electron chi connectivity index (χ2n) is 3.62. The van der Waals surface area contributed by atoms with Crippen LogP contribution in [0.3, 0.4) is 0 Å². The number of carbonyl (C=O) groups excluding carboxylic acids is 1. The molecular weight excluding hydrogens is 252 g/mol. The number of carboxylic acid groups (broad SMARTS) is 1. The highest BCUT2D eigenvalue weighted by molar-refractivity contribution is 6.30. The number of hydrogen-bond donors (Lipinski definition) is 1. The predicted octanol–water partition coefficient (Wildman–Crippen LogP) is 1.09. The van der Waals surface area contributed by atoms with E-state index < -0.39 is 5.97 Å². The first-order valence-electron chi connectivity index (χ1n) is 5.20. The normalized spacial score (nSPS) is 9.22. The van der Waals surface area contributed by atoms with Crippen LogP contribution in [0.1, 0.15) is 15.9 Å². The largest absolute Gasteiger partial charge is 0.545 e. The van der Waals surface area contributed by atoms with Crippen molar-refractivity contribution in [3.8, 4) is 0 Å². The predicted molar refractivity (Wildman–Crippen MR) is 67.9 cm³/mol. The molecule has 0 aliphatic heterocycles. The molecule has 1 aromatic heterocycles. The molecule has 0 aliphatic carbocycles. The van der Waals surface area contributed by atoms with Crippen LogP contribution in [0.25, 0.3) is 0 Å². The number of aromatic amines is 1. The van der Waals surface area contributed by atoms with Gasteiger partial charge in [-0.05, 0) is 36.2 Å². The number of rotatable bonds is 1. The number of pyridine rings is 1. The summed E-state index contributed by atoms with van der Waals surface area (Å²) in [5, 5.41) is 10.7. The molecule has 2 aromatic rings. The lowest BCUT2D eigenvalue weighted by atomic mass is 10.2. The van der Waals surface area contributed by atoms with E-state index in [1.165, 1.54) is 29.8 Å². The van der Waals surface area contributed by atoms with E-state index >= 15 is 0 Å². The zero-order valence-electron chi connectivity index (χ0n) is 9.81. The van der Waals surface area contributed by atoms with Crippen molar-refractivity contribution in [3.63, 3.8) is 0 Å². The fraction of sp³-hybridized carbons (Fsp3) is 0.0769. The first kappa shape index (κ1) is 14.0. The molecule has 0 fully saturated rings. The van der Waals surface area contributed by atoms with Gasteiger partial charge in [-0.2, -0.15) is 0 Å². The lowest BCUT2D eigenvalue weighted by Gasteiger charge is -1.99. The van der Waals surface area contributed by atoms with E-state index in [-0.39, 0.29) is 5.56 Å². The smallest absolute Gasteiger partial charge is 0.270 e. The van der Waals surface area contributed by atoms with Gasteiger partial charge in [0.2, 0.25) is 0 Å². The number of benzene rings is 1. The zero-order chi connectivity index (χ0) is 13.5. The van der Waals surface area contributed by atoms with Crippen molar-refractivity contribution in [3.05, 3.63) is 58.7 Å². The van der Waals surface area contributed by atoms with E-state index in [2.05, 4.69) is 4.98 Å². The molecule has 1 aromatic carbocycles. The number of hydrogen-bond acceptors (Lipinski definition) is 3. The Bertz CT molecular complexity index is 489. The number of H-pyrrole nitrogens is 1. The number of aromatic carboxylic acids is 1. The number of halogens is 1. The quantitative estimate of drug-likeness (QED) is 0.837. The Kier molecular flexibility index (Phi) is 5.14. The van der Waals surface area contributed by atoms with E-state index in [4.69, 9.17) is 17.3 Å². The molecule has 0 unspecified atom stereocenters. The number of nitrogens with one attached hydrogen (secondary N) is 1. The summed E-state index contributed by atoms with van der Waals surface area (Å²) in [6, 6.07) is 9.62. The molecule has 0 saturated carbocycles. The van der Waals surface area contributed by atoms with Crippen molar-refractivity contribution in [1.82, 2.24) is 0 Å². The summed E-state index contributed by atoms with van der Waals surface area (Å²) >= 11 is 5.50. The summed E-state index contributed by atoms with van der Waals surface area (Å²) in [5.41, 5.74) is 6.71. The van der Waals surface area contributed by atoms with Gasteiger partial charge in [0.15, 0.2) is 0 Å². The monoisotopic (exact) mass is 264 g/mol. The van der Waals surface area contributed by atoms with Crippen LogP contribution in [0.15, 0.2) is 42.6 Å². The average molecular weight is 265 g/mol. The molecule has 1 heterocycles. The van der Waals surface area contributed by atoms with Gasteiger partial charge in [-0.3, -0.25) is 5.73 Å². The van der Waals surface area contributed by atoms with Gasteiger partial charge in [-0.1, -0.05) is 23.7 Å². The minimum Gasteiger partial charge on any atom is -0.545 e. The topological polar surface area (TPSA) is 80.3 Å². The van der Waals surface area contributed by atoms with E-state index in [1.807, 2.05) is 25.3 Å². The molecule has 5 heteroatoms. The maximum absolute atomic E-state index is 10.2. The summed E-state index contributed by atoms with van der Waals surface area (Å²) in [4.78, 5) is 13.0. The molecule has 18 heavy (non-hydrogen) atoms. The SMILES string of the molecule is Cc1ccc(N)[nH+]c1.O=C([O-])c1ccc(Cl)cc1. The lowest BCUT2D eigenvalue weighted by Crippen LogP contribution is -2.21. The minimum absolute atomic E-state index is 0.143. The molecule has 94 valence electrons. The second-order valence-corrected chi connectivity index (χ2v) is 4.05. The molecule has 0 amide bonds. The van der Waals surface area contributed by atoms with E-state index in [0.29, 0.717) is 10.8 Å². The van der Waals surface area contributed by atoms with Gasteiger partial charge in [0.1, 0.15) is 0 Å². The van der Waals surface area contributed by atoms with Crippen LogP contribution in [0, 0.1) is 6.92 Å². The van der Waals surface area contributed by atoms with E-state index in [9.17, 15) is 9.90 Å². The van der Waals surface area contributed by atoms with Gasteiger partial charge in [0.25, 0.3) is 5.82 Å². The van der Waals surface area contributed by atoms with Gasteiger partial charge in [-0.25, -0.2) is 4.98 Å². The Morgan fingerprint density at radius 2 is 1.83 bits per heavy atom. The van der Waals surface area contributed by atoms with Crippen molar-refractivity contribution < 1.29 is 14.9 Å². The van der Waals surface area contributed by atoms with Crippen LogP contribution in [-0.4, -0.2) is 5.97 Å². The summed E-state index contributed by atoms with van der Waals surface area (Å²) in [7, 11) is 0. The minimum atomic E-state index is -1.18. The zero-order valence-corrected chi connectivity index (χ0v) is 10.6. The molecule has 0 radical (unpaired) electrons. The maximum atomic E-state index is 10.2. The molecule has 0 saturated heterocycles. The number of carboxylic acids is 1. The highest BCUT2D eigenvalue weighted by Crippen LogP contribution is 2.08. The third kappa shape index (κ3) is 4.84. The Morgan fingerprint density at radius 1 is 1.22 bits per heavy atom. The first-order valence-corrected chi connectivity index (χ1v) is 5.57. The van der Waals surface area contributed by atoms with Crippen LogP contribution in [0.5, 0.6) is 0 Å². The van der Waals surface area contributed by atoms with Crippen LogP contribution >= 0.6 is 11.6 Å². The van der Waals surface area contributed by atoms with Crippen LogP contribution < -0.4 is 15.8 Å². The lowest BCUT2D eigenvalue weighted by molar-refractivity contribution is -0.360. The molecular formula is C13H13ClN2O2. The number of carbonyl (C=O) groups is 1. The number of nitrogens with two attached hydrogens (primary N) is 1. The summed E-state index contributed by atoms with van der Waals surface area (Å²) in [6.07, 6.45) is 1.87. The molecule has 0 atom stereocenters. The standard InChI is InChI=1S/C7H5ClO2.C6H8N2/c8-6-3-1-5(2-4-6)7(9)10;1-5-2-3-6(7)8-4-5/h1-4H,(H,9,10);2-4H,1H3,(H2,7,8). The maximum Gasteiger partial charge on any atom is 0.270 e. The number of aromatic nitrogens is 1. The fourth-order valence-corrected chi connectivity index (χ4v) is 1.23. The van der Waals surface area contributed by atoms with Crippen molar-refractivity contribution in [2.45, 2.75) is 6.92 Å². The first-order chi connectivity index (χ1) is 8.49. The van der Waals surface area contributed by atoms with Crippen LogP contribution in [-0.2, 0) is 0 Å². The summed E-state index contributed by atoms with van der Waals surface area (Å²) in [5.74, 6) is -0.479. The van der Waals surface area contributed by atoms with Gasteiger partial charge in [0, 0.05) is 11.1 Å². The van der Waals surface area contributed by atoms with Crippen molar-refractivity contribution in [2.24, 2.45) is 0 Å². The molecule has 0 spiro atoms. The van der Waals surface area contributed by atoms with Crippen molar-refractivity contribution in [1.29, 1.82) is 0 Å². The fourth-order valence-electron chi connectivity index (χ4n) is 1.10. The number of anilines is 1. The molecule has 3 N–H and O–H groups in total. The third-order valence-electron chi connectivity index (χ3n) is 2.07. The summed E-state index contributed by atoms with van der Waals surface area (Å²) < 4.78 is 0. The Hall–Kier alpha value is -2.07. The third-order valence-corrected chi connectivity index (χ3v) is 2.32. The molecule has 2 rings (SSSR count). The average Bonchev–Trinajstić information content (AvgIpc) is 2.34. The number of nitrogen functional groups attached to an aromatic ring is 1. The van der Waals surface area contributed by atoms with Crippen LogP contribution in [0.2, 0.25) is 5.02 Å². The van der Waals surface area contributed by atoms with Crippen LogP contribution in [0.4, 0.5) is 5.82 Å². The van der Waals surface area contributed by atoms with Gasteiger partial charge in [0.05, 0.1) is 12.2 Å². The Balaban J connectivity index is 0.000000184.